The number of carbonyl (C=O) groups excluding carboxylic acids is 1. The minimum atomic E-state index is -0.208. The molecule has 0 aliphatic heterocycles. The van der Waals surface area contributed by atoms with Crippen LogP contribution in [0.15, 0.2) is 48.5 Å². The molecule has 0 aromatic heterocycles. The van der Waals surface area contributed by atoms with Crippen LogP contribution in [0.3, 0.4) is 0 Å². The highest BCUT2D eigenvalue weighted by Gasteiger charge is 2.32. The first-order valence-electron chi connectivity index (χ1n) is 5.76. The van der Waals surface area contributed by atoms with Gasteiger partial charge in [0.05, 0.1) is 7.11 Å². The molecule has 0 spiro atoms. The third-order valence-corrected chi connectivity index (χ3v) is 3.32. The Morgan fingerprint density at radius 2 is 1.50 bits per heavy atom. The third-order valence-electron chi connectivity index (χ3n) is 3.32. The maximum atomic E-state index is 11.0. The lowest BCUT2D eigenvalue weighted by Gasteiger charge is -2.22. The van der Waals surface area contributed by atoms with Crippen molar-refractivity contribution in [3.8, 4) is 11.1 Å². The Kier molecular flexibility index (Phi) is 2.61. The number of hydroxylamine groups is 2. The Labute approximate surface area is 106 Å². The van der Waals surface area contributed by atoms with Crippen LogP contribution in [-0.4, -0.2) is 18.6 Å². The molecule has 0 fully saturated rings. The third kappa shape index (κ3) is 1.45. The zero-order valence-electron chi connectivity index (χ0n) is 9.96. The van der Waals surface area contributed by atoms with Crippen molar-refractivity contribution in [1.29, 1.82) is 0 Å². The Morgan fingerprint density at radius 3 is 1.94 bits per heavy atom. The summed E-state index contributed by atoms with van der Waals surface area (Å²) in [6.07, 6.45) is 1.84. The predicted molar refractivity (Wildman–Crippen MR) is 68.3 cm³/mol. The van der Waals surface area contributed by atoms with E-state index < -0.39 is 0 Å². The Bertz CT molecular complexity index is 549. The van der Waals surface area contributed by atoms with Crippen LogP contribution in [0.4, 0.5) is 0 Å². The fourth-order valence-electron chi connectivity index (χ4n) is 2.58. The molecule has 1 aliphatic rings. The molecule has 1 amide bonds. The van der Waals surface area contributed by atoms with Crippen molar-refractivity contribution in [1.82, 2.24) is 5.06 Å². The molecule has 18 heavy (non-hydrogen) atoms. The number of hydrogen-bond donors (Lipinski definition) is 0. The molecule has 2 aromatic carbocycles. The Balaban J connectivity index is 2.23. The van der Waals surface area contributed by atoms with Crippen molar-refractivity contribution in [3.05, 3.63) is 59.7 Å². The van der Waals surface area contributed by atoms with E-state index in [1.807, 2.05) is 42.8 Å². The molecular formula is C15H12NO2. The summed E-state index contributed by atoms with van der Waals surface area (Å²) in [6, 6.07) is 15.9. The van der Waals surface area contributed by atoms with Gasteiger partial charge in [-0.2, -0.15) is 0 Å². The van der Waals surface area contributed by atoms with E-state index in [-0.39, 0.29) is 6.04 Å². The monoisotopic (exact) mass is 238 g/mol. The zero-order chi connectivity index (χ0) is 12.5. The van der Waals surface area contributed by atoms with Gasteiger partial charge in [-0.15, -0.1) is 0 Å². The van der Waals surface area contributed by atoms with E-state index in [0.717, 1.165) is 22.3 Å². The van der Waals surface area contributed by atoms with Crippen molar-refractivity contribution in [2.75, 3.05) is 7.11 Å². The maximum absolute atomic E-state index is 11.0. The molecule has 0 atom stereocenters. The summed E-state index contributed by atoms with van der Waals surface area (Å²) in [4.78, 5) is 16.1. The molecule has 0 heterocycles. The summed E-state index contributed by atoms with van der Waals surface area (Å²) in [5.41, 5.74) is 4.44. The van der Waals surface area contributed by atoms with Crippen LogP contribution in [0.2, 0.25) is 0 Å². The zero-order valence-corrected chi connectivity index (χ0v) is 9.96. The van der Waals surface area contributed by atoms with Gasteiger partial charge in [-0.05, 0) is 22.3 Å². The molecule has 0 saturated heterocycles. The van der Waals surface area contributed by atoms with Gasteiger partial charge in [-0.25, -0.2) is 5.06 Å². The molecule has 0 bridgehead atoms. The van der Waals surface area contributed by atoms with Gasteiger partial charge in [-0.1, -0.05) is 48.5 Å². The molecule has 1 radical (unpaired) electrons. The summed E-state index contributed by atoms with van der Waals surface area (Å²) in [5.74, 6) is 0. The molecule has 89 valence electrons. The first kappa shape index (κ1) is 11.0. The van der Waals surface area contributed by atoms with Gasteiger partial charge in [0.2, 0.25) is 0 Å². The molecule has 0 N–H and O–H groups in total. The van der Waals surface area contributed by atoms with Crippen LogP contribution in [-0.2, 0) is 9.63 Å². The molecule has 0 saturated carbocycles. The fraction of sp³-hybridized carbons (Fsp3) is 0.133. The summed E-state index contributed by atoms with van der Waals surface area (Å²) in [6.45, 7) is 0. The molecule has 3 heteroatoms. The largest absolute Gasteiger partial charge is 0.338 e. The van der Waals surface area contributed by atoms with E-state index in [1.54, 1.807) is 0 Å². The van der Waals surface area contributed by atoms with Crippen LogP contribution in [0.1, 0.15) is 17.2 Å². The van der Waals surface area contributed by atoms with E-state index in [1.165, 1.54) is 12.2 Å². The van der Waals surface area contributed by atoms with Gasteiger partial charge in [0.1, 0.15) is 6.04 Å². The molecule has 1 aliphatic carbocycles. The number of nitrogens with zero attached hydrogens (tertiary/aromatic N) is 1. The Hall–Kier alpha value is -2.13. The normalized spacial score (nSPS) is 12.9. The quantitative estimate of drug-likeness (QED) is 0.607. The molecule has 3 nitrogen and oxygen atoms in total. The second-order valence-corrected chi connectivity index (χ2v) is 4.18. The number of benzene rings is 2. The summed E-state index contributed by atoms with van der Waals surface area (Å²) in [7, 11) is 1.48. The van der Waals surface area contributed by atoms with E-state index in [4.69, 9.17) is 4.84 Å². The van der Waals surface area contributed by atoms with Gasteiger partial charge in [0, 0.05) is 0 Å². The smallest absolute Gasteiger partial charge is 0.273 e. The highest BCUT2D eigenvalue weighted by atomic mass is 16.7. The second-order valence-electron chi connectivity index (χ2n) is 4.18. The maximum Gasteiger partial charge on any atom is 0.338 e. The number of hydrogen-bond acceptors (Lipinski definition) is 2. The lowest BCUT2D eigenvalue weighted by atomic mass is 10.1. The number of amides is 1. The molecule has 3 rings (SSSR count). The SMILES string of the molecule is CON([C]=O)C1c2ccccc2-c2ccccc21. The number of rotatable bonds is 3. The van der Waals surface area contributed by atoms with E-state index in [0.29, 0.717) is 0 Å². The van der Waals surface area contributed by atoms with Crippen LogP contribution in [0, 0.1) is 0 Å². The van der Waals surface area contributed by atoms with Crippen LogP contribution < -0.4 is 0 Å². The van der Waals surface area contributed by atoms with Gasteiger partial charge < -0.3 is 0 Å². The standard InChI is InChI=1S/C15H12NO2/c1-18-16(10-17)15-13-8-4-2-6-11(13)12-7-3-5-9-14(12)15/h2-9,15H,1H3. The van der Waals surface area contributed by atoms with Crippen LogP contribution >= 0.6 is 0 Å². The van der Waals surface area contributed by atoms with Gasteiger partial charge >= 0.3 is 6.41 Å². The summed E-state index contributed by atoms with van der Waals surface area (Å²) >= 11 is 0. The van der Waals surface area contributed by atoms with Crippen molar-refractivity contribution in [3.63, 3.8) is 0 Å². The average molecular weight is 238 g/mol. The predicted octanol–water partition coefficient (Wildman–Crippen LogP) is 2.69. The van der Waals surface area contributed by atoms with Crippen LogP contribution in [0.5, 0.6) is 0 Å². The first-order valence-corrected chi connectivity index (χ1v) is 5.76. The first-order chi connectivity index (χ1) is 8.86. The van der Waals surface area contributed by atoms with E-state index in [9.17, 15) is 4.79 Å². The minimum Gasteiger partial charge on any atom is -0.273 e. The topological polar surface area (TPSA) is 29.5 Å². The molecule has 0 unspecified atom stereocenters. The van der Waals surface area contributed by atoms with Crippen molar-refractivity contribution in [2.45, 2.75) is 6.04 Å². The molecular weight excluding hydrogens is 226 g/mol. The van der Waals surface area contributed by atoms with Crippen molar-refractivity contribution >= 4 is 6.41 Å². The van der Waals surface area contributed by atoms with E-state index in [2.05, 4.69) is 12.1 Å². The highest BCUT2D eigenvalue weighted by Crippen LogP contribution is 2.45. The van der Waals surface area contributed by atoms with Gasteiger partial charge in [0.15, 0.2) is 0 Å². The Morgan fingerprint density at radius 1 is 1.00 bits per heavy atom. The summed E-state index contributed by atoms with van der Waals surface area (Å²) < 4.78 is 0. The van der Waals surface area contributed by atoms with Gasteiger partial charge in [0.25, 0.3) is 0 Å². The lowest BCUT2D eigenvalue weighted by Crippen LogP contribution is -2.25. The van der Waals surface area contributed by atoms with Crippen molar-refractivity contribution in [2.24, 2.45) is 0 Å². The number of fused-ring (bicyclic) bond motifs is 3. The van der Waals surface area contributed by atoms with E-state index >= 15 is 0 Å². The second kappa shape index (κ2) is 4.27. The molecule has 2 aromatic rings. The summed E-state index contributed by atoms with van der Waals surface area (Å²) in [5, 5.41) is 1.23. The average Bonchev–Trinajstić information content (AvgIpc) is 2.76. The van der Waals surface area contributed by atoms with Gasteiger partial charge in [-0.3, -0.25) is 9.63 Å². The highest BCUT2D eigenvalue weighted by molar-refractivity contribution is 5.79. The fourth-order valence-corrected chi connectivity index (χ4v) is 2.58. The lowest BCUT2D eigenvalue weighted by molar-refractivity contribution is -0.0881. The van der Waals surface area contributed by atoms with Crippen molar-refractivity contribution < 1.29 is 9.63 Å². The minimum absolute atomic E-state index is 0.208. The van der Waals surface area contributed by atoms with Crippen LogP contribution in [0.25, 0.3) is 11.1 Å².